The van der Waals surface area contributed by atoms with Gasteiger partial charge in [-0.15, -0.1) is 0 Å². The molecule has 2 nitrogen and oxygen atoms in total. The van der Waals surface area contributed by atoms with Gasteiger partial charge in [-0.1, -0.05) is 12.1 Å². The average molecular weight is 229 g/mol. The summed E-state index contributed by atoms with van der Waals surface area (Å²) in [6.45, 7) is 0.510. The van der Waals surface area contributed by atoms with Crippen LogP contribution in [0.15, 0.2) is 42.5 Å². The van der Waals surface area contributed by atoms with Crippen molar-refractivity contribution in [3.05, 3.63) is 53.8 Å². The van der Waals surface area contributed by atoms with Crippen molar-refractivity contribution in [1.29, 1.82) is 0 Å². The lowest BCUT2D eigenvalue weighted by molar-refractivity contribution is 0.484. The number of halogens is 1. The molecule has 0 amide bonds. The Balaban J connectivity index is 2.19. The van der Waals surface area contributed by atoms with Crippen molar-refractivity contribution in [2.24, 2.45) is 5.73 Å². The molecule has 0 bridgehead atoms. The summed E-state index contributed by atoms with van der Waals surface area (Å²) in [6.07, 6.45) is 0. The van der Waals surface area contributed by atoms with Gasteiger partial charge in [-0.05, 0) is 41.4 Å². The van der Waals surface area contributed by atoms with Crippen molar-refractivity contribution in [1.82, 2.24) is 0 Å². The van der Waals surface area contributed by atoms with Crippen LogP contribution in [-0.4, -0.2) is 7.85 Å². The highest BCUT2D eigenvalue weighted by Gasteiger charge is 2.02. The normalized spacial score (nSPS) is 10.2. The van der Waals surface area contributed by atoms with Crippen LogP contribution in [0.1, 0.15) is 5.56 Å². The summed E-state index contributed by atoms with van der Waals surface area (Å²) in [5.41, 5.74) is 7.33. The molecule has 0 aliphatic heterocycles. The molecule has 2 aromatic carbocycles. The molecular weight excluding hydrogens is 216 g/mol. The third kappa shape index (κ3) is 2.85. The molecule has 0 heterocycles. The molecule has 0 unspecified atom stereocenters. The Kier molecular flexibility index (Phi) is 3.45. The molecule has 0 aromatic heterocycles. The summed E-state index contributed by atoms with van der Waals surface area (Å²) in [5.74, 6) is 1.12. The summed E-state index contributed by atoms with van der Waals surface area (Å²) in [7, 11) is 1.81. The van der Waals surface area contributed by atoms with E-state index in [0.717, 1.165) is 16.8 Å². The average Bonchev–Trinajstić information content (AvgIpc) is 2.34. The maximum absolute atomic E-state index is 12.9. The van der Waals surface area contributed by atoms with E-state index in [4.69, 9.17) is 10.5 Å². The van der Waals surface area contributed by atoms with Crippen molar-refractivity contribution in [2.75, 3.05) is 0 Å². The minimum absolute atomic E-state index is 0.256. The first kappa shape index (κ1) is 11.7. The van der Waals surface area contributed by atoms with Crippen LogP contribution < -0.4 is 15.9 Å². The zero-order valence-electron chi connectivity index (χ0n) is 9.61. The van der Waals surface area contributed by atoms with Crippen molar-refractivity contribution in [2.45, 2.75) is 6.54 Å². The van der Waals surface area contributed by atoms with Gasteiger partial charge < -0.3 is 10.5 Å². The summed E-state index contributed by atoms with van der Waals surface area (Å²) in [6, 6.07) is 12.0. The van der Waals surface area contributed by atoms with Gasteiger partial charge in [0.2, 0.25) is 0 Å². The fraction of sp³-hybridized carbons (Fsp3) is 0.0769. The lowest BCUT2D eigenvalue weighted by atomic mass is 9.95. The first-order valence-electron chi connectivity index (χ1n) is 5.42. The highest BCUT2D eigenvalue weighted by atomic mass is 19.1. The molecule has 0 spiro atoms. The standard InChI is InChI=1S/C13H13BFNO/c14-12-7-10(15)3-6-13(12)17-11-4-1-9(8-16)2-5-11/h1-7H,8,14,16H2. The molecular formula is C13H13BFNO. The van der Waals surface area contributed by atoms with Gasteiger partial charge in [0.25, 0.3) is 0 Å². The minimum Gasteiger partial charge on any atom is -0.458 e. The maximum atomic E-state index is 12.9. The van der Waals surface area contributed by atoms with E-state index in [1.54, 1.807) is 6.07 Å². The van der Waals surface area contributed by atoms with Crippen molar-refractivity contribution in [3.8, 4) is 11.5 Å². The van der Waals surface area contributed by atoms with Gasteiger partial charge in [0, 0.05) is 6.54 Å². The van der Waals surface area contributed by atoms with Crippen LogP contribution in [0.2, 0.25) is 0 Å². The van der Waals surface area contributed by atoms with E-state index in [0.29, 0.717) is 12.3 Å². The Morgan fingerprint density at radius 3 is 2.41 bits per heavy atom. The van der Waals surface area contributed by atoms with E-state index in [2.05, 4.69) is 0 Å². The molecule has 0 radical (unpaired) electrons. The number of rotatable bonds is 3. The molecule has 0 saturated heterocycles. The number of nitrogens with two attached hydrogens (primary N) is 1. The maximum Gasteiger partial charge on any atom is 0.144 e. The van der Waals surface area contributed by atoms with Crippen molar-refractivity contribution in [3.63, 3.8) is 0 Å². The Morgan fingerprint density at radius 1 is 1.12 bits per heavy atom. The van der Waals surface area contributed by atoms with Crippen LogP contribution in [0.5, 0.6) is 11.5 Å². The van der Waals surface area contributed by atoms with Crippen LogP contribution in [-0.2, 0) is 6.54 Å². The molecule has 2 N–H and O–H groups in total. The van der Waals surface area contributed by atoms with E-state index in [-0.39, 0.29) is 5.82 Å². The second-order valence-corrected chi connectivity index (χ2v) is 3.86. The lowest BCUT2D eigenvalue weighted by Crippen LogP contribution is -2.07. The third-order valence-electron chi connectivity index (χ3n) is 2.52. The van der Waals surface area contributed by atoms with E-state index in [1.165, 1.54) is 12.1 Å². The number of ether oxygens (including phenoxy) is 1. The highest BCUT2D eigenvalue weighted by Crippen LogP contribution is 2.20. The molecule has 0 fully saturated rings. The Bertz CT molecular complexity index is 513. The van der Waals surface area contributed by atoms with Gasteiger partial charge >= 0.3 is 0 Å². The fourth-order valence-electron chi connectivity index (χ4n) is 1.55. The number of benzene rings is 2. The van der Waals surface area contributed by atoms with E-state index < -0.39 is 0 Å². The SMILES string of the molecule is Bc1cc(F)ccc1Oc1ccc(CN)cc1. The van der Waals surface area contributed by atoms with Crippen molar-refractivity contribution < 1.29 is 9.13 Å². The van der Waals surface area contributed by atoms with Gasteiger partial charge in [-0.3, -0.25) is 0 Å². The first-order chi connectivity index (χ1) is 8.19. The van der Waals surface area contributed by atoms with Gasteiger partial charge in [0.05, 0.1) is 0 Å². The molecule has 0 atom stereocenters. The van der Waals surface area contributed by atoms with Gasteiger partial charge in [-0.25, -0.2) is 4.39 Å². The second kappa shape index (κ2) is 5.02. The Hall–Kier alpha value is -1.81. The molecule has 2 aromatic rings. The summed E-state index contributed by atoms with van der Waals surface area (Å²) in [5, 5.41) is 0. The van der Waals surface area contributed by atoms with Crippen LogP contribution in [0.4, 0.5) is 4.39 Å². The number of hydrogen-bond acceptors (Lipinski definition) is 2. The molecule has 86 valence electrons. The fourth-order valence-corrected chi connectivity index (χ4v) is 1.55. The zero-order chi connectivity index (χ0) is 12.3. The van der Waals surface area contributed by atoms with E-state index >= 15 is 0 Å². The Morgan fingerprint density at radius 2 is 1.82 bits per heavy atom. The largest absolute Gasteiger partial charge is 0.458 e. The Labute approximate surface area is 101 Å². The van der Waals surface area contributed by atoms with E-state index in [1.807, 2.05) is 32.1 Å². The molecule has 2 rings (SSSR count). The summed E-state index contributed by atoms with van der Waals surface area (Å²) >= 11 is 0. The summed E-state index contributed by atoms with van der Waals surface area (Å²) < 4.78 is 18.6. The van der Waals surface area contributed by atoms with Crippen LogP contribution >= 0.6 is 0 Å². The van der Waals surface area contributed by atoms with Gasteiger partial charge in [-0.2, -0.15) is 0 Å². The third-order valence-corrected chi connectivity index (χ3v) is 2.52. The first-order valence-corrected chi connectivity index (χ1v) is 5.42. The van der Waals surface area contributed by atoms with Crippen LogP contribution in [0.3, 0.4) is 0 Å². The van der Waals surface area contributed by atoms with Gasteiger partial charge in [0.15, 0.2) is 0 Å². The van der Waals surface area contributed by atoms with Crippen LogP contribution in [0.25, 0.3) is 0 Å². The summed E-state index contributed by atoms with van der Waals surface area (Å²) in [4.78, 5) is 0. The monoisotopic (exact) mass is 229 g/mol. The minimum atomic E-state index is -0.256. The molecule has 0 aliphatic rings. The predicted octanol–water partition coefficient (Wildman–Crippen LogP) is 1.34. The molecule has 4 heteroatoms. The highest BCUT2D eigenvalue weighted by molar-refractivity contribution is 6.34. The predicted molar refractivity (Wildman–Crippen MR) is 69.0 cm³/mol. The quantitative estimate of drug-likeness (QED) is 0.806. The molecule has 0 saturated carbocycles. The molecule has 0 aliphatic carbocycles. The van der Waals surface area contributed by atoms with E-state index in [9.17, 15) is 4.39 Å². The number of hydrogen-bond donors (Lipinski definition) is 1. The zero-order valence-corrected chi connectivity index (χ0v) is 9.61. The smallest absolute Gasteiger partial charge is 0.144 e. The van der Waals surface area contributed by atoms with Gasteiger partial charge in [0.1, 0.15) is 25.2 Å². The van der Waals surface area contributed by atoms with Crippen molar-refractivity contribution >= 4 is 13.3 Å². The lowest BCUT2D eigenvalue weighted by Gasteiger charge is -2.09. The molecule has 17 heavy (non-hydrogen) atoms. The van der Waals surface area contributed by atoms with Crippen LogP contribution in [0, 0.1) is 5.82 Å². The second-order valence-electron chi connectivity index (χ2n) is 3.86. The topological polar surface area (TPSA) is 35.2 Å².